The number of aromatic nitrogens is 1. The lowest BCUT2D eigenvalue weighted by molar-refractivity contribution is 0.0944. The van der Waals surface area contributed by atoms with E-state index in [0.29, 0.717) is 17.0 Å². The Morgan fingerprint density at radius 3 is 2.95 bits per heavy atom. The van der Waals surface area contributed by atoms with Crippen LogP contribution in [0.1, 0.15) is 16.1 Å². The Morgan fingerprint density at radius 2 is 2.32 bits per heavy atom. The topological polar surface area (TPSA) is 42.0 Å². The number of rotatable bonds is 5. The standard InChI is InChI=1S/C14H13ClN2OS/c1-2-10(7-11-8-19-9-16-11)17-14(18)12-5-3-4-6-13(12)15/h2-6,8-10H,1,7H2,(H,17,18)/t10-/m1/s1. The molecular formula is C14H13ClN2OS. The normalized spacial score (nSPS) is 11.8. The van der Waals surface area contributed by atoms with Gasteiger partial charge in [0.1, 0.15) is 0 Å². The van der Waals surface area contributed by atoms with Crippen LogP contribution >= 0.6 is 22.9 Å². The van der Waals surface area contributed by atoms with Crippen LogP contribution in [0.4, 0.5) is 0 Å². The molecule has 98 valence electrons. The third-order valence-corrected chi connectivity index (χ3v) is 3.60. The molecule has 0 aliphatic heterocycles. The van der Waals surface area contributed by atoms with E-state index in [0.717, 1.165) is 5.69 Å². The van der Waals surface area contributed by atoms with Gasteiger partial charge in [-0.2, -0.15) is 0 Å². The van der Waals surface area contributed by atoms with Gasteiger partial charge in [-0.15, -0.1) is 17.9 Å². The van der Waals surface area contributed by atoms with Crippen LogP contribution < -0.4 is 5.32 Å². The first kappa shape index (κ1) is 13.8. The zero-order valence-electron chi connectivity index (χ0n) is 10.2. The fourth-order valence-corrected chi connectivity index (χ4v) is 2.44. The van der Waals surface area contributed by atoms with Gasteiger partial charge < -0.3 is 5.32 Å². The van der Waals surface area contributed by atoms with Crippen LogP contribution in [0, 0.1) is 0 Å². The van der Waals surface area contributed by atoms with Gasteiger partial charge in [0.25, 0.3) is 5.91 Å². The number of hydrogen-bond acceptors (Lipinski definition) is 3. The molecule has 0 saturated heterocycles. The summed E-state index contributed by atoms with van der Waals surface area (Å²) in [5.41, 5.74) is 3.18. The van der Waals surface area contributed by atoms with Crippen molar-refractivity contribution in [3.8, 4) is 0 Å². The molecule has 1 aromatic carbocycles. The van der Waals surface area contributed by atoms with Crippen LogP contribution in [0.25, 0.3) is 0 Å². The smallest absolute Gasteiger partial charge is 0.253 e. The van der Waals surface area contributed by atoms with Gasteiger partial charge in [-0.25, -0.2) is 4.98 Å². The fourth-order valence-electron chi connectivity index (χ4n) is 1.65. The summed E-state index contributed by atoms with van der Waals surface area (Å²) in [6, 6.07) is 6.80. The van der Waals surface area contributed by atoms with E-state index in [9.17, 15) is 4.79 Å². The Morgan fingerprint density at radius 1 is 1.53 bits per heavy atom. The SMILES string of the molecule is C=C[C@H](Cc1cscn1)NC(=O)c1ccccc1Cl. The number of amides is 1. The van der Waals surface area contributed by atoms with Gasteiger partial charge in [0.15, 0.2) is 0 Å². The Kier molecular flexibility index (Phi) is 4.71. The molecule has 2 rings (SSSR count). The first-order valence-corrected chi connectivity index (χ1v) is 7.08. The lowest BCUT2D eigenvalue weighted by Crippen LogP contribution is -2.35. The summed E-state index contributed by atoms with van der Waals surface area (Å²) < 4.78 is 0. The van der Waals surface area contributed by atoms with E-state index >= 15 is 0 Å². The number of carbonyl (C=O) groups is 1. The molecule has 2 aromatic rings. The van der Waals surface area contributed by atoms with E-state index < -0.39 is 0 Å². The number of hydrogen-bond donors (Lipinski definition) is 1. The minimum atomic E-state index is -0.203. The number of nitrogens with zero attached hydrogens (tertiary/aromatic N) is 1. The number of halogens is 1. The molecule has 0 unspecified atom stereocenters. The summed E-state index contributed by atoms with van der Waals surface area (Å²) in [6.07, 6.45) is 2.33. The Hall–Kier alpha value is -1.65. The predicted octanol–water partition coefficient (Wildman–Crippen LogP) is 3.32. The maximum atomic E-state index is 12.1. The molecule has 1 amide bonds. The van der Waals surface area contributed by atoms with Crippen LogP contribution in [0.2, 0.25) is 5.02 Å². The van der Waals surface area contributed by atoms with Crippen molar-refractivity contribution in [3.63, 3.8) is 0 Å². The first-order chi connectivity index (χ1) is 9.20. The Labute approximate surface area is 120 Å². The highest BCUT2D eigenvalue weighted by Gasteiger charge is 2.14. The molecule has 0 aliphatic carbocycles. The molecule has 0 aliphatic rings. The first-order valence-electron chi connectivity index (χ1n) is 5.75. The number of benzene rings is 1. The highest BCUT2D eigenvalue weighted by molar-refractivity contribution is 7.07. The van der Waals surface area contributed by atoms with Crippen molar-refractivity contribution < 1.29 is 4.79 Å². The fraction of sp³-hybridized carbons (Fsp3) is 0.143. The van der Waals surface area contributed by atoms with E-state index in [2.05, 4.69) is 16.9 Å². The van der Waals surface area contributed by atoms with Gasteiger partial charge in [0, 0.05) is 11.8 Å². The lowest BCUT2D eigenvalue weighted by atomic mass is 10.1. The van der Waals surface area contributed by atoms with Gasteiger partial charge in [0.05, 0.1) is 27.8 Å². The van der Waals surface area contributed by atoms with E-state index in [1.165, 1.54) is 11.3 Å². The average molecular weight is 293 g/mol. The van der Waals surface area contributed by atoms with Crippen LogP contribution in [-0.2, 0) is 6.42 Å². The second-order valence-corrected chi connectivity index (χ2v) is 5.11. The van der Waals surface area contributed by atoms with Gasteiger partial charge >= 0.3 is 0 Å². The molecule has 5 heteroatoms. The second-order valence-electron chi connectivity index (χ2n) is 3.98. The van der Waals surface area contributed by atoms with Crippen molar-refractivity contribution in [2.45, 2.75) is 12.5 Å². The zero-order valence-corrected chi connectivity index (χ0v) is 11.7. The van der Waals surface area contributed by atoms with Crippen molar-refractivity contribution >= 4 is 28.8 Å². The lowest BCUT2D eigenvalue weighted by Gasteiger charge is -2.14. The summed E-state index contributed by atoms with van der Waals surface area (Å²) in [6.45, 7) is 3.74. The highest BCUT2D eigenvalue weighted by Crippen LogP contribution is 2.15. The third kappa shape index (κ3) is 3.66. The molecular weight excluding hydrogens is 280 g/mol. The number of nitrogens with one attached hydrogen (secondary N) is 1. The van der Waals surface area contributed by atoms with Gasteiger partial charge in [-0.3, -0.25) is 4.79 Å². The largest absolute Gasteiger partial charge is 0.345 e. The predicted molar refractivity (Wildman–Crippen MR) is 78.7 cm³/mol. The summed E-state index contributed by atoms with van der Waals surface area (Å²) in [5, 5.41) is 5.28. The monoisotopic (exact) mass is 292 g/mol. The highest BCUT2D eigenvalue weighted by atomic mass is 35.5. The van der Waals surface area contributed by atoms with Crippen LogP contribution in [0.5, 0.6) is 0 Å². The molecule has 0 spiro atoms. The molecule has 1 heterocycles. The van der Waals surface area contributed by atoms with Gasteiger partial charge in [-0.1, -0.05) is 29.8 Å². The molecule has 0 radical (unpaired) electrons. The number of carbonyl (C=O) groups excluding carboxylic acids is 1. The van der Waals surface area contributed by atoms with Gasteiger partial charge in [0.2, 0.25) is 0 Å². The quantitative estimate of drug-likeness (QED) is 0.859. The molecule has 0 fully saturated rings. The van der Waals surface area contributed by atoms with Crippen LogP contribution in [-0.4, -0.2) is 16.9 Å². The summed E-state index contributed by atoms with van der Waals surface area (Å²) in [4.78, 5) is 16.3. The van der Waals surface area contributed by atoms with Crippen molar-refractivity contribution in [1.29, 1.82) is 0 Å². The maximum Gasteiger partial charge on any atom is 0.253 e. The summed E-state index contributed by atoms with van der Waals surface area (Å²) >= 11 is 7.52. The summed E-state index contributed by atoms with van der Waals surface area (Å²) in [7, 11) is 0. The van der Waals surface area contributed by atoms with E-state index in [4.69, 9.17) is 11.6 Å². The third-order valence-electron chi connectivity index (χ3n) is 2.63. The molecule has 1 N–H and O–H groups in total. The van der Waals surface area contributed by atoms with Gasteiger partial charge in [-0.05, 0) is 12.1 Å². The minimum absolute atomic E-state index is 0.161. The van der Waals surface area contributed by atoms with E-state index in [-0.39, 0.29) is 11.9 Å². The Balaban J connectivity index is 2.04. The molecule has 0 bridgehead atoms. The van der Waals surface area contributed by atoms with Crippen molar-refractivity contribution in [3.05, 3.63) is 64.1 Å². The Bertz CT molecular complexity index is 569. The molecule has 3 nitrogen and oxygen atoms in total. The minimum Gasteiger partial charge on any atom is -0.345 e. The zero-order chi connectivity index (χ0) is 13.7. The second kappa shape index (κ2) is 6.50. The van der Waals surface area contributed by atoms with Crippen molar-refractivity contribution in [2.24, 2.45) is 0 Å². The molecule has 1 atom stereocenters. The number of thiazole rings is 1. The van der Waals surface area contributed by atoms with E-state index in [1.54, 1.807) is 35.9 Å². The molecule has 19 heavy (non-hydrogen) atoms. The average Bonchev–Trinajstić information content (AvgIpc) is 2.91. The molecule has 1 aromatic heterocycles. The van der Waals surface area contributed by atoms with Crippen molar-refractivity contribution in [1.82, 2.24) is 10.3 Å². The van der Waals surface area contributed by atoms with Crippen LogP contribution in [0.3, 0.4) is 0 Å². The molecule has 0 saturated carbocycles. The maximum absolute atomic E-state index is 12.1. The van der Waals surface area contributed by atoms with E-state index in [1.807, 2.05) is 5.38 Å². The van der Waals surface area contributed by atoms with Crippen molar-refractivity contribution in [2.75, 3.05) is 0 Å². The van der Waals surface area contributed by atoms with Crippen LogP contribution in [0.15, 0.2) is 47.8 Å². The summed E-state index contributed by atoms with van der Waals surface area (Å²) in [5.74, 6) is -0.203.